The van der Waals surface area contributed by atoms with Crippen LogP contribution in [0, 0.1) is 0 Å². The van der Waals surface area contributed by atoms with Gasteiger partial charge in [0, 0.05) is 22.3 Å². The molecular formula is C28H12N12O4S4. The van der Waals surface area contributed by atoms with Gasteiger partial charge in [-0.2, -0.15) is 0 Å². The second-order valence-electron chi connectivity index (χ2n) is 10.1. The van der Waals surface area contributed by atoms with E-state index in [1.54, 1.807) is 48.5 Å². The molecule has 0 fully saturated rings. The molecule has 0 N–H and O–H groups in total. The summed E-state index contributed by atoms with van der Waals surface area (Å²) in [5, 5.41) is 32.5. The van der Waals surface area contributed by atoms with Crippen molar-refractivity contribution in [2.45, 2.75) is 20.9 Å². The second kappa shape index (κ2) is 11.1. The van der Waals surface area contributed by atoms with Crippen LogP contribution in [0.3, 0.4) is 0 Å². The maximum absolute atomic E-state index is 5.67. The fourth-order valence-corrected chi connectivity index (χ4v) is 5.52. The second-order valence-corrected chi connectivity index (χ2v) is 11.6. The SMILES string of the molecule is Sc1nnc(-c2cc3nc(c2)-c2cc(-c4nnc(S)o4)cc(n2)-c2cc(-c4nnc(S)o4)cc(n2)-c2cc(-c4nnc(S)o4)cc-3n2)o1. The fourth-order valence-electron chi connectivity index (χ4n) is 4.99. The molecule has 9 heterocycles. The Morgan fingerprint density at radius 3 is 0.625 bits per heavy atom. The quantitative estimate of drug-likeness (QED) is 0.164. The highest BCUT2D eigenvalue weighted by Crippen LogP contribution is 2.37. The zero-order valence-electron chi connectivity index (χ0n) is 23.4. The average Bonchev–Trinajstić information content (AvgIpc) is 3.93. The van der Waals surface area contributed by atoms with E-state index in [4.69, 9.17) is 37.6 Å². The molecule has 16 nitrogen and oxygen atoms in total. The standard InChI is InChI=1S/C28H12N12O4S4/c45-25-37-33-21(41-25)9-1-13-14-3-10(22-34-38-26(46)42-22)4-17(30-14)18-6-12(24-36-40-28(48)44-24)8-20(32-18)19-7-11(23-35-39-27(47)43-23)5-16(31-19)15(2-9)29-13/h1-8H,(H,37,45)(H,38,46)(H,39,47)(H,40,48). The van der Waals surface area contributed by atoms with Crippen molar-refractivity contribution in [1.82, 2.24) is 60.7 Å². The first-order valence-corrected chi connectivity index (χ1v) is 15.3. The highest BCUT2D eigenvalue weighted by Gasteiger charge is 2.23. The third-order valence-electron chi connectivity index (χ3n) is 7.00. The average molecular weight is 709 g/mol. The predicted octanol–water partition coefficient (Wildman–Crippen LogP) is 5.60. The summed E-state index contributed by atoms with van der Waals surface area (Å²) >= 11 is 16.8. The first-order valence-electron chi connectivity index (χ1n) is 13.5. The van der Waals surface area contributed by atoms with Gasteiger partial charge in [0.1, 0.15) is 0 Å². The molecule has 0 saturated heterocycles. The van der Waals surface area contributed by atoms with Crippen molar-refractivity contribution in [3.05, 3.63) is 48.5 Å². The molecule has 0 amide bonds. The van der Waals surface area contributed by atoms with Gasteiger partial charge in [-0.05, 0) is 48.5 Å². The fraction of sp³-hybridized carbons (Fsp3) is 0. The number of nitrogens with zero attached hydrogens (tertiary/aromatic N) is 12. The number of fused-ring (bicyclic) bond motifs is 12. The highest BCUT2D eigenvalue weighted by atomic mass is 32.1. The minimum atomic E-state index is 0.0914. The topological polar surface area (TPSA) is 207 Å². The summed E-state index contributed by atoms with van der Waals surface area (Å²) in [7, 11) is 0. The van der Waals surface area contributed by atoms with Gasteiger partial charge >= 0.3 is 0 Å². The lowest BCUT2D eigenvalue weighted by atomic mass is 10.0. The zero-order chi connectivity index (χ0) is 32.5. The summed E-state index contributed by atoms with van der Waals surface area (Å²) in [6, 6.07) is 14.0. The zero-order valence-corrected chi connectivity index (χ0v) is 27.0. The molecular weight excluding hydrogens is 697 g/mol. The third kappa shape index (κ3) is 5.19. The molecule has 48 heavy (non-hydrogen) atoms. The van der Waals surface area contributed by atoms with Crippen molar-refractivity contribution >= 4 is 50.5 Å². The van der Waals surface area contributed by atoms with Crippen LogP contribution in [0.25, 0.3) is 91.4 Å². The van der Waals surface area contributed by atoms with Crippen LogP contribution in [0.1, 0.15) is 0 Å². The van der Waals surface area contributed by atoms with Gasteiger partial charge in [0.25, 0.3) is 20.9 Å². The van der Waals surface area contributed by atoms with Gasteiger partial charge in [-0.3, -0.25) is 0 Å². The van der Waals surface area contributed by atoms with Crippen LogP contribution in [-0.2, 0) is 0 Å². The van der Waals surface area contributed by atoms with Crippen LogP contribution in [0.2, 0.25) is 0 Å². The molecule has 8 aromatic rings. The van der Waals surface area contributed by atoms with Crippen LogP contribution >= 0.6 is 50.5 Å². The number of hydrogen-bond acceptors (Lipinski definition) is 20. The minimum Gasteiger partial charge on any atom is -0.411 e. The molecule has 20 heteroatoms. The van der Waals surface area contributed by atoms with Crippen LogP contribution < -0.4 is 0 Å². The summed E-state index contributed by atoms with van der Waals surface area (Å²) < 4.78 is 22.7. The van der Waals surface area contributed by atoms with E-state index >= 15 is 0 Å². The molecule has 9 rings (SSSR count). The van der Waals surface area contributed by atoms with Crippen molar-refractivity contribution in [2.24, 2.45) is 0 Å². The monoisotopic (exact) mass is 708 g/mol. The molecule has 8 bridgehead atoms. The smallest absolute Gasteiger partial charge is 0.273 e. The largest absolute Gasteiger partial charge is 0.411 e. The van der Waals surface area contributed by atoms with Gasteiger partial charge in [0.15, 0.2) is 0 Å². The molecule has 0 aliphatic carbocycles. The predicted molar refractivity (Wildman–Crippen MR) is 175 cm³/mol. The molecule has 0 atom stereocenters. The molecule has 0 spiro atoms. The molecule has 0 aromatic carbocycles. The highest BCUT2D eigenvalue weighted by molar-refractivity contribution is 7.80. The van der Waals surface area contributed by atoms with Gasteiger partial charge in [-0.25, -0.2) is 19.9 Å². The Labute approximate surface area is 288 Å². The van der Waals surface area contributed by atoms with Crippen LogP contribution in [0.5, 0.6) is 0 Å². The maximum atomic E-state index is 5.67. The van der Waals surface area contributed by atoms with Crippen LogP contribution in [0.4, 0.5) is 0 Å². The van der Waals surface area contributed by atoms with Crippen molar-refractivity contribution in [3.63, 3.8) is 0 Å². The Kier molecular flexibility index (Phi) is 6.64. The first kappa shape index (κ1) is 28.8. The van der Waals surface area contributed by atoms with Gasteiger partial charge in [0.05, 0.1) is 45.6 Å². The maximum Gasteiger partial charge on any atom is 0.273 e. The Balaban J connectivity index is 1.38. The van der Waals surface area contributed by atoms with Crippen LogP contribution in [0.15, 0.2) is 87.1 Å². The lowest BCUT2D eigenvalue weighted by molar-refractivity contribution is 0.467. The van der Waals surface area contributed by atoms with E-state index in [2.05, 4.69) is 91.3 Å². The summed E-state index contributed by atoms with van der Waals surface area (Å²) in [5.41, 5.74) is 5.53. The summed E-state index contributed by atoms with van der Waals surface area (Å²) in [6.45, 7) is 0. The third-order valence-corrected chi connectivity index (χ3v) is 7.72. The van der Waals surface area contributed by atoms with E-state index in [0.717, 1.165) is 0 Å². The Morgan fingerprint density at radius 1 is 0.292 bits per heavy atom. The summed E-state index contributed by atoms with van der Waals surface area (Å²) in [5.74, 6) is 0.825. The van der Waals surface area contributed by atoms with Gasteiger partial charge in [0.2, 0.25) is 23.6 Å². The van der Waals surface area contributed by atoms with Crippen LogP contribution in [-0.4, -0.2) is 60.7 Å². The van der Waals surface area contributed by atoms with Gasteiger partial charge < -0.3 is 17.7 Å². The first-order chi connectivity index (χ1) is 23.3. The molecule has 1 aliphatic rings. The van der Waals surface area contributed by atoms with Crippen molar-refractivity contribution in [2.75, 3.05) is 0 Å². The van der Waals surface area contributed by atoms with Gasteiger partial charge in [-0.1, -0.05) is 50.5 Å². The summed E-state index contributed by atoms with van der Waals surface area (Å²) in [6.07, 6.45) is 0. The minimum absolute atomic E-state index is 0.0914. The van der Waals surface area contributed by atoms with E-state index in [1.807, 2.05) is 0 Å². The Bertz CT molecular complexity index is 2130. The Morgan fingerprint density at radius 2 is 0.479 bits per heavy atom. The van der Waals surface area contributed by atoms with E-state index in [1.165, 1.54) is 0 Å². The van der Waals surface area contributed by atoms with Gasteiger partial charge in [-0.15, -0.1) is 40.8 Å². The number of thiol groups is 4. The van der Waals surface area contributed by atoms with Crippen molar-refractivity contribution in [3.8, 4) is 91.4 Å². The molecule has 1 aliphatic heterocycles. The van der Waals surface area contributed by atoms with Crippen molar-refractivity contribution < 1.29 is 17.7 Å². The number of pyridine rings is 4. The van der Waals surface area contributed by atoms with Crippen molar-refractivity contribution in [1.29, 1.82) is 0 Å². The molecule has 0 saturated carbocycles. The number of rotatable bonds is 4. The number of hydrogen-bond donors (Lipinski definition) is 4. The lowest BCUT2D eigenvalue weighted by Crippen LogP contribution is -2.01. The molecule has 0 unspecified atom stereocenters. The molecule has 232 valence electrons. The molecule has 0 radical (unpaired) electrons. The Hall–Kier alpha value is -5.44. The number of aromatic nitrogens is 12. The van der Waals surface area contributed by atoms with E-state index in [9.17, 15) is 0 Å². The molecule has 8 aromatic heterocycles. The normalized spacial score (nSPS) is 11.8. The van der Waals surface area contributed by atoms with E-state index in [-0.39, 0.29) is 44.5 Å². The van der Waals surface area contributed by atoms with E-state index < -0.39 is 0 Å². The van der Waals surface area contributed by atoms with E-state index in [0.29, 0.717) is 67.8 Å². The summed E-state index contributed by atoms with van der Waals surface area (Å²) in [4.78, 5) is 19.9. The lowest BCUT2D eigenvalue weighted by Gasteiger charge is -2.14.